The van der Waals surface area contributed by atoms with Crippen LogP contribution in [0.4, 0.5) is 11.5 Å². The second-order valence-electron chi connectivity index (χ2n) is 7.43. The van der Waals surface area contributed by atoms with E-state index in [0.29, 0.717) is 11.5 Å². The van der Waals surface area contributed by atoms with Gasteiger partial charge in [0.05, 0.1) is 11.4 Å². The molecule has 0 unspecified atom stereocenters. The molecule has 0 saturated carbocycles. The van der Waals surface area contributed by atoms with E-state index < -0.39 is 15.9 Å². The summed E-state index contributed by atoms with van der Waals surface area (Å²) in [6, 6.07) is 7.43. The second kappa shape index (κ2) is 8.11. The van der Waals surface area contributed by atoms with Crippen molar-refractivity contribution in [2.45, 2.75) is 38.0 Å². The van der Waals surface area contributed by atoms with Crippen LogP contribution in [0.5, 0.6) is 0 Å². The fraction of sp³-hybridized carbons (Fsp3) is 0.389. The number of amides is 2. The van der Waals surface area contributed by atoms with Crippen molar-refractivity contribution >= 4 is 33.3 Å². The molecule has 0 aliphatic carbocycles. The Morgan fingerprint density at radius 3 is 2.25 bits per heavy atom. The number of hydrogen-bond acceptors (Lipinski definition) is 5. The predicted octanol–water partition coefficient (Wildman–Crippen LogP) is 1.92. The highest BCUT2D eigenvalue weighted by molar-refractivity contribution is 7.89. The molecular weight excluding hydrogens is 382 g/mol. The molecule has 3 N–H and O–H groups in total. The van der Waals surface area contributed by atoms with Gasteiger partial charge >= 0.3 is 0 Å². The average molecular weight is 407 g/mol. The Kier molecular flexibility index (Phi) is 6.25. The molecule has 0 bridgehead atoms. The first-order chi connectivity index (χ1) is 12.9. The highest BCUT2D eigenvalue weighted by atomic mass is 32.2. The first kappa shape index (κ1) is 21.6. The number of nitrogens with zero attached hydrogens (tertiary/aromatic N) is 2. The molecule has 10 heteroatoms. The minimum absolute atomic E-state index is 0.0201. The number of H-pyrrole nitrogens is 1. The van der Waals surface area contributed by atoms with Crippen molar-refractivity contribution in [1.29, 1.82) is 0 Å². The van der Waals surface area contributed by atoms with Crippen LogP contribution in [0.2, 0.25) is 0 Å². The van der Waals surface area contributed by atoms with Gasteiger partial charge in [-0.05, 0) is 24.3 Å². The topological polar surface area (TPSA) is 124 Å². The molecular formula is C18H25N5O4S. The fourth-order valence-corrected chi connectivity index (χ4v) is 3.46. The van der Waals surface area contributed by atoms with Gasteiger partial charge in [0.15, 0.2) is 5.82 Å². The molecule has 2 rings (SSSR count). The lowest BCUT2D eigenvalue weighted by atomic mass is 9.92. The number of anilines is 2. The van der Waals surface area contributed by atoms with E-state index in [0.717, 1.165) is 10.00 Å². The number of benzene rings is 1. The Hall–Kier alpha value is -2.72. The number of rotatable bonds is 6. The van der Waals surface area contributed by atoms with Gasteiger partial charge in [-0.2, -0.15) is 9.40 Å². The van der Waals surface area contributed by atoms with E-state index in [-0.39, 0.29) is 22.8 Å². The summed E-state index contributed by atoms with van der Waals surface area (Å²) in [5.41, 5.74) is 1.18. The standard InChI is InChI=1S/C18H25N5O4S/c1-12(24)19-13-6-8-14(9-7-13)28(26,27)23(5)11-17(25)20-16-10-15(21-22-16)18(2,3)4/h6-10H,11H2,1-5H3,(H,19,24)(H2,20,21,22,25). The van der Waals surface area contributed by atoms with Crippen LogP contribution in [0.15, 0.2) is 35.2 Å². The van der Waals surface area contributed by atoms with Gasteiger partial charge < -0.3 is 10.6 Å². The molecule has 1 aromatic carbocycles. The molecule has 152 valence electrons. The third kappa shape index (κ3) is 5.40. The normalized spacial score (nSPS) is 12.1. The molecule has 0 spiro atoms. The van der Waals surface area contributed by atoms with Gasteiger partial charge in [0.25, 0.3) is 0 Å². The zero-order chi connectivity index (χ0) is 21.1. The monoisotopic (exact) mass is 407 g/mol. The lowest BCUT2D eigenvalue weighted by molar-refractivity contribution is -0.116. The number of carbonyl (C=O) groups excluding carboxylic acids is 2. The molecule has 2 aromatic rings. The van der Waals surface area contributed by atoms with Gasteiger partial charge in [0.1, 0.15) is 0 Å². The minimum atomic E-state index is -3.86. The first-order valence-corrected chi connectivity index (χ1v) is 10.0. The Balaban J connectivity index is 2.04. The molecule has 2 amide bonds. The van der Waals surface area contributed by atoms with Crippen molar-refractivity contribution in [2.24, 2.45) is 0 Å². The summed E-state index contributed by atoms with van der Waals surface area (Å²) in [6.45, 7) is 7.01. The summed E-state index contributed by atoms with van der Waals surface area (Å²) in [5.74, 6) is -0.425. The van der Waals surface area contributed by atoms with Crippen LogP contribution in [0.1, 0.15) is 33.4 Å². The fourth-order valence-electron chi connectivity index (χ4n) is 2.33. The summed E-state index contributed by atoms with van der Waals surface area (Å²) in [4.78, 5) is 23.3. The van der Waals surface area contributed by atoms with Crippen LogP contribution in [-0.4, -0.2) is 48.3 Å². The largest absolute Gasteiger partial charge is 0.326 e. The Morgan fingerprint density at radius 1 is 1.14 bits per heavy atom. The van der Waals surface area contributed by atoms with Gasteiger partial charge in [-0.25, -0.2) is 8.42 Å². The number of nitrogens with one attached hydrogen (secondary N) is 3. The predicted molar refractivity (Wildman–Crippen MR) is 106 cm³/mol. The van der Waals surface area contributed by atoms with Crippen LogP contribution >= 0.6 is 0 Å². The minimum Gasteiger partial charge on any atom is -0.326 e. The summed E-state index contributed by atoms with van der Waals surface area (Å²) in [6.07, 6.45) is 0. The molecule has 0 saturated heterocycles. The third-order valence-electron chi connectivity index (χ3n) is 3.90. The maximum Gasteiger partial charge on any atom is 0.243 e. The second-order valence-corrected chi connectivity index (χ2v) is 9.48. The zero-order valence-electron chi connectivity index (χ0n) is 16.5. The van der Waals surface area contributed by atoms with Crippen molar-refractivity contribution in [3.05, 3.63) is 36.0 Å². The summed E-state index contributed by atoms with van der Waals surface area (Å²) in [5, 5.41) is 12.0. The van der Waals surface area contributed by atoms with E-state index in [2.05, 4.69) is 20.8 Å². The third-order valence-corrected chi connectivity index (χ3v) is 5.72. The van der Waals surface area contributed by atoms with Crippen molar-refractivity contribution in [3.8, 4) is 0 Å². The molecule has 28 heavy (non-hydrogen) atoms. The summed E-state index contributed by atoms with van der Waals surface area (Å²) < 4.78 is 26.2. The van der Waals surface area contributed by atoms with Crippen LogP contribution in [0, 0.1) is 0 Å². The lowest BCUT2D eigenvalue weighted by Gasteiger charge is -2.17. The smallest absolute Gasteiger partial charge is 0.243 e. The van der Waals surface area contributed by atoms with Crippen LogP contribution in [-0.2, 0) is 25.0 Å². The Bertz CT molecular complexity index is 959. The highest BCUT2D eigenvalue weighted by Gasteiger charge is 2.24. The zero-order valence-corrected chi connectivity index (χ0v) is 17.3. The first-order valence-electron chi connectivity index (χ1n) is 8.59. The van der Waals surface area contributed by atoms with Crippen molar-refractivity contribution < 1.29 is 18.0 Å². The molecule has 1 heterocycles. The van der Waals surface area contributed by atoms with E-state index in [1.165, 1.54) is 38.2 Å². The maximum absolute atomic E-state index is 12.6. The van der Waals surface area contributed by atoms with Crippen molar-refractivity contribution in [3.63, 3.8) is 0 Å². The van der Waals surface area contributed by atoms with Gasteiger partial charge in [-0.1, -0.05) is 20.8 Å². The van der Waals surface area contributed by atoms with E-state index in [4.69, 9.17) is 0 Å². The lowest BCUT2D eigenvalue weighted by Crippen LogP contribution is -2.35. The van der Waals surface area contributed by atoms with Crippen molar-refractivity contribution in [1.82, 2.24) is 14.5 Å². The van der Waals surface area contributed by atoms with Gasteiger partial charge in [-0.15, -0.1) is 0 Å². The SMILES string of the molecule is CC(=O)Nc1ccc(S(=O)(=O)N(C)CC(=O)Nc2cc(C(C)(C)C)[nH]n2)cc1. The average Bonchev–Trinajstić information content (AvgIpc) is 3.03. The number of sulfonamides is 1. The molecule has 0 fully saturated rings. The van der Waals surface area contributed by atoms with Crippen molar-refractivity contribution in [2.75, 3.05) is 24.2 Å². The van der Waals surface area contributed by atoms with E-state index in [9.17, 15) is 18.0 Å². The van der Waals surface area contributed by atoms with Crippen LogP contribution in [0.3, 0.4) is 0 Å². The number of likely N-dealkylation sites (N-methyl/N-ethyl adjacent to an activating group) is 1. The number of hydrogen-bond donors (Lipinski definition) is 3. The number of aromatic amines is 1. The molecule has 1 aromatic heterocycles. The summed E-state index contributed by atoms with van der Waals surface area (Å²) in [7, 11) is -2.54. The highest BCUT2D eigenvalue weighted by Crippen LogP contribution is 2.22. The van der Waals surface area contributed by atoms with Gasteiger partial charge in [0.2, 0.25) is 21.8 Å². The molecule has 0 aliphatic heterocycles. The maximum atomic E-state index is 12.6. The van der Waals surface area contributed by atoms with Gasteiger partial charge in [0, 0.05) is 36.8 Å². The number of carbonyl (C=O) groups is 2. The van der Waals surface area contributed by atoms with E-state index >= 15 is 0 Å². The number of aromatic nitrogens is 2. The van der Waals surface area contributed by atoms with Crippen LogP contribution < -0.4 is 10.6 Å². The van der Waals surface area contributed by atoms with E-state index in [1.807, 2.05) is 20.8 Å². The Morgan fingerprint density at radius 2 is 1.75 bits per heavy atom. The molecule has 0 radical (unpaired) electrons. The van der Waals surface area contributed by atoms with Gasteiger partial charge in [-0.3, -0.25) is 14.7 Å². The summed E-state index contributed by atoms with van der Waals surface area (Å²) >= 11 is 0. The quantitative estimate of drug-likeness (QED) is 0.675. The molecule has 9 nitrogen and oxygen atoms in total. The van der Waals surface area contributed by atoms with Crippen LogP contribution in [0.25, 0.3) is 0 Å². The Labute approximate surface area is 164 Å². The van der Waals surface area contributed by atoms with E-state index in [1.54, 1.807) is 6.07 Å². The molecule has 0 aliphatic rings. The molecule has 0 atom stereocenters.